The zero-order chi connectivity index (χ0) is 18.3. The number of carbonyl (C=O) groups is 1. The fourth-order valence-corrected chi connectivity index (χ4v) is 3.75. The van der Waals surface area contributed by atoms with Gasteiger partial charge in [0.25, 0.3) is 0 Å². The molecule has 1 aromatic carbocycles. The maximum absolute atomic E-state index is 12.2. The molecule has 0 saturated carbocycles. The fraction of sp³-hybridized carbons (Fsp3) is 0.167. The van der Waals surface area contributed by atoms with E-state index in [1.165, 1.54) is 0 Å². The number of methoxy groups -OCH3 is 1. The summed E-state index contributed by atoms with van der Waals surface area (Å²) in [6.45, 7) is 1.82. The molecule has 3 N–H and O–H groups in total. The first-order valence-corrected chi connectivity index (χ1v) is 8.88. The summed E-state index contributed by atoms with van der Waals surface area (Å²) in [4.78, 5) is 17.7. The summed E-state index contributed by atoms with van der Waals surface area (Å²) in [6.07, 6.45) is 0. The number of aromatic nitrogens is 3. The molecule has 0 saturated heterocycles. The van der Waals surface area contributed by atoms with Gasteiger partial charge in [0.15, 0.2) is 5.82 Å². The molecule has 7 nitrogen and oxygen atoms in total. The van der Waals surface area contributed by atoms with Gasteiger partial charge < -0.3 is 15.8 Å². The first kappa shape index (κ1) is 16.3. The first-order valence-electron chi connectivity index (χ1n) is 8.00. The van der Waals surface area contributed by atoms with Gasteiger partial charge in [0.2, 0.25) is 11.9 Å². The second-order valence-corrected chi connectivity index (χ2v) is 6.84. The minimum atomic E-state index is -0.498. The Labute approximate surface area is 154 Å². The molecule has 8 heteroatoms. The van der Waals surface area contributed by atoms with E-state index >= 15 is 0 Å². The van der Waals surface area contributed by atoms with Crippen molar-refractivity contribution in [2.24, 2.45) is 5.73 Å². The molecule has 26 heavy (non-hydrogen) atoms. The summed E-state index contributed by atoms with van der Waals surface area (Å²) in [5.74, 6) is 1.38. The maximum Gasteiger partial charge on any atom is 0.248 e. The van der Waals surface area contributed by atoms with Gasteiger partial charge in [-0.3, -0.25) is 4.79 Å². The Morgan fingerprint density at radius 2 is 2.19 bits per heavy atom. The number of nitrogens with one attached hydrogen (secondary N) is 1. The molecule has 0 bridgehead atoms. The highest BCUT2D eigenvalue weighted by Crippen LogP contribution is 2.37. The van der Waals surface area contributed by atoms with Gasteiger partial charge in [-0.25, -0.2) is 4.68 Å². The number of thiophene rings is 1. The summed E-state index contributed by atoms with van der Waals surface area (Å²) < 4.78 is 7.03. The SMILES string of the molecule is COc1cccc(C2C(C(N)=O)=C(C)Nc3nc(-c4cccs4)nn32)c1. The highest BCUT2D eigenvalue weighted by atomic mass is 32.1. The van der Waals surface area contributed by atoms with E-state index in [1.54, 1.807) is 23.1 Å². The number of amides is 1. The number of rotatable bonds is 4. The number of carbonyl (C=O) groups excluding carboxylic acids is 1. The summed E-state index contributed by atoms with van der Waals surface area (Å²) in [6, 6.07) is 11.0. The Hall–Kier alpha value is -3.13. The number of ether oxygens (including phenoxy) is 1. The van der Waals surface area contributed by atoms with Crippen LogP contribution in [0.15, 0.2) is 53.0 Å². The molecule has 1 aliphatic rings. The molecule has 1 unspecified atom stereocenters. The van der Waals surface area contributed by atoms with Gasteiger partial charge in [-0.2, -0.15) is 4.98 Å². The van der Waals surface area contributed by atoms with E-state index in [9.17, 15) is 4.79 Å². The second-order valence-electron chi connectivity index (χ2n) is 5.89. The third-order valence-electron chi connectivity index (χ3n) is 4.27. The lowest BCUT2D eigenvalue weighted by atomic mass is 9.95. The van der Waals surface area contributed by atoms with Crippen LogP contribution < -0.4 is 15.8 Å². The number of hydrogen-bond donors (Lipinski definition) is 2. The number of nitrogens with zero attached hydrogens (tertiary/aromatic N) is 3. The van der Waals surface area contributed by atoms with E-state index in [0.29, 0.717) is 28.8 Å². The number of nitrogens with two attached hydrogens (primary N) is 1. The molecule has 0 fully saturated rings. The number of hydrogen-bond acceptors (Lipinski definition) is 6. The Bertz CT molecular complexity index is 1010. The van der Waals surface area contributed by atoms with Crippen molar-refractivity contribution >= 4 is 23.2 Å². The van der Waals surface area contributed by atoms with Crippen molar-refractivity contribution in [2.45, 2.75) is 13.0 Å². The Morgan fingerprint density at radius 1 is 1.35 bits per heavy atom. The number of primary amides is 1. The minimum Gasteiger partial charge on any atom is -0.497 e. The molecule has 0 radical (unpaired) electrons. The van der Waals surface area contributed by atoms with Gasteiger partial charge in [-0.1, -0.05) is 18.2 Å². The lowest BCUT2D eigenvalue weighted by molar-refractivity contribution is -0.115. The van der Waals surface area contributed by atoms with Crippen LogP contribution in [0.4, 0.5) is 5.95 Å². The van der Waals surface area contributed by atoms with E-state index in [0.717, 1.165) is 10.4 Å². The van der Waals surface area contributed by atoms with E-state index in [4.69, 9.17) is 10.5 Å². The van der Waals surface area contributed by atoms with Crippen molar-refractivity contribution in [2.75, 3.05) is 12.4 Å². The Kier molecular flexibility index (Phi) is 3.96. The van der Waals surface area contributed by atoms with Gasteiger partial charge >= 0.3 is 0 Å². The van der Waals surface area contributed by atoms with Gasteiger partial charge in [0.05, 0.1) is 17.6 Å². The lowest BCUT2D eigenvalue weighted by Crippen LogP contribution is -2.31. The lowest BCUT2D eigenvalue weighted by Gasteiger charge is -2.27. The molecule has 1 amide bonds. The quantitative estimate of drug-likeness (QED) is 0.739. The molecular weight excluding hydrogens is 350 g/mol. The number of fused-ring (bicyclic) bond motifs is 1. The summed E-state index contributed by atoms with van der Waals surface area (Å²) >= 11 is 1.56. The molecule has 132 valence electrons. The molecule has 4 rings (SSSR count). The normalized spacial score (nSPS) is 16.2. The van der Waals surface area contributed by atoms with E-state index < -0.39 is 11.9 Å². The van der Waals surface area contributed by atoms with Crippen LogP contribution in [0, 0.1) is 0 Å². The van der Waals surface area contributed by atoms with E-state index in [1.807, 2.05) is 48.7 Å². The van der Waals surface area contributed by atoms with Crippen LogP contribution in [0.5, 0.6) is 5.75 Å². The minimum absolute atomic E-state index is 0.452. The van der Waals surface area contributed by atoms with Crippen molar-refractivity contribution in [3.63, 3.8) is 0 Å². The van der Waals surface area contributed by atoms with Crippen LogP contribution >= 0.6 is 11.3 Å². The Morgan fingerprint density at radius 3 is 2.88 bits per heavy atom. The van der Waals surface area contributed by atoms with Crippen molar-refractivity contribution in [1.82, 2.24) is 14.8 Å². The standard InChI is InChI=1S/C18H17N5O2S/c1-10-14(16(19)24)15(11-5-3-6-12(9-11)25-2)23-18(20-10)21-17(22-23)13-7-4-8-26-13/h3-9,15H,1-2H3,(H2,19,24)(H,20,21,22). The van der Waals surface area contributed by atoms with Gasteiger partial charge in [-0.15, -0.1) is 16.4 Å². The number of anilines is 1. The summed E-state index contributed by atoms with van der Waals surface area (Å²) in [5, 5.41) is 9.76. The largest absolute Gasteiger partial charge is 0.497 e. The summed E-state index contributed by atoms with van der Waals surface area (Å²) in [5.41, 5.74) is 7.66. The monoisotopic (exact) mass is 367 g/mol. The fourth-order valence-electron chi connectivity index (χ4n) is 3.10. The van der Waals surface area contributed by atoms with E-state index in [2.05, 4.69) is 15.4 Å². The van der Waals surface area contributed by atoms with Gasteiger partial charge in [-0.05, 0) is 36.1 Å². The zero-order valence-corrected chi connectivity index (χ0v) is 15.1. The summed E-state index contributed by atoms with van der Waals surface area (Å²) in [7, 11) is 1.60. The zero-order valence-electron chi connectivity index (χ0n) is 14.3. The highest BCUT2D eigenvalue weighted by molar-refractivity contribution is 7.13. The third-order valence-corrected chi connectivity index (χ3v) is 5.13. The molecule has 0 spiro atoms. The van der Waals surface area contributed by atoms with Crippen LogP contribution in [0.2, 0.25) is 0 Å². The van der Waals surface area contributed by atoms with Crippen LogP contribution in [0.25, 0.3) is 10.7 Å². The predicted molar refractivity (Wildman–Crippen MR) is 100.0 cm³/mol. The average molecular weight is 367 g/mol. The van der Waals surface area contributed by atoms with Crippen LogP contribution in [-0.2, 0) is 4.79 Å². The van der Waals surface area contributed by atoms with Gasteiger partial charge in [0.1, 0.15) is 11.8 Å². The number of allylic oxidation sites excluding steroid dienone is 1. The second kappa shape index (κ2) is 6.30. The maximum atomic E-state index is 12.2. The molecule has 3 heterocycles. The van der Waals surface area contributed by atoms with Crippen molar-refractivity contribution in [1.29, 1.82) is 0 Å². The molecule has 1 atom stereocenters. The van der Waals surface area contributed by atoms with Crippen molar-refractivity contribution in [3.05, 3.63) is 58.6 Å². The predicted octanol–water partition coefficient (Wildman–Crippen LogP) is 2.79. The van der Waals surface area contributed by atoms with Gasteiger partial charge in [0, 0.05) is 5.70 Å². The third kappa shape index (κ3) is 2.64. The number of benzene rings is 1. The Balaban J connectivity index is 1.90. The van der Waals surface area contributed by atoms with Crippen LogP contribution in [-0.4, -0.2) is 27.8 Å². The topological polar surface area (TPSA) is 95.1 Å². The molecule has 0 aliphatic carbocycles. The molecule has 2 aromatic heterocycles. The molecule has 3 aromatic rings. The van der Waals surface area contributed by atoms with Crippen LogP contribution in [0.3, 0.4) is 0 Å². The van der Waals surface area contributed by atoms with Crippen molar-refractivity contribution < 1.29 is 9.53 Å². The molecule has 1 aliphatic heterocycles. The van der Waals surface area contributed by atoms with Crippen molar-refractivity contribution in [3.8, 4) is 16.5 Å². The smallest absolute Gasteiger partial charge is 0.248 e. The molecular formula is C18H17N5O2S. The van der Waals surface area contributed by atoms with Crippen LogP contribution in [0.1, 0.15) is 18.5 Å². The van der Waals surface area contributed by atoms with E-state index in [-0.39, 0.29) is 0 Å². The average Bonchev–Trinajstić information content (AvgIpc) is 3.29. The first-order chi connectivity index (χ1) is 12.6. The highest BCUT2D eigenvalue weighted by Gasteiger charge is 2.33.